The van der Waals surface area contributed by atoms with E-state index < -0.39 is 0 Å². The molecule has 2 heteroatoms. The minimum atomic E-state index is 0.821. The van der Waals surface area contributed by atoms with Gasteiger partial charge in [0.2, 0.25) is 0 Å². The lowest BCUT2D eigenvalue weighted by Gasteiger charge is -2.47. The molecule has 4 fully saturated rings. The van der Waals surface area contributed by atoms with Crippen molar-refractivity contribution in [2.24, 2.45) is 11.8 Å². The summed E-state index contributed by atoms with van der Waals surface area (Å²) < 4.78 is 0. The fourth-order valence-corrected chi connectivity index (χ4v) is 4.30. The topological polar surface area (TPSA) is 6.48 Å². The summed E-state index contributed by atoms with van der Waals surface area (Å²) in [6.07, 6.45) is 0. The third-order valence-electron chi connectivity index (χ3n) is 4.90. The fourth-order valence-electron chi connectivity index (χ4n) is 4.30. The molecule has 4 aliphatic rings. The number of benzene rings is 1. The van der Waals surface area contributed by atoms with E-state index in [1.165, 1.54) is 39.3 Å². The molecule has 1 aromatic carbocycles. The Morgan fingerprint density at radius 1 is 0.765 bits per heavy atom. The summed E-state index contributed by atoms with van der Waals surface area (Å²) in [6, 6.07) is 11.2. The van der Waals surface area contributed by atoms with E-state index in [9.17, 15) is 0 Å². The van der Waals surface area contributed by atoms with Crippen molar-refractivity contribution in [2.75, 3.05) is 39.3 Å². The van der Waals surface area contributed by atoms with Gasteiger partial charge in [0.15, 0.2) is 0 Å². The summed E-state index contributed by atoms with van der Waals surface area (Å²) in [5, 5.41) is 0. The van der Waals surface area contributed by atoms with Gasteiger partial charge in [-0.25, -0.2) is 0 Å². The van der Waals surface area contributed by atoms with Gasteiger partial charge >= 0.3 is 0 Å². The van der Waals surface area contributed by atoms with Crippen LogP contribution in [0.2, 0.25) is 0 Å². The minimum absolute atomic E-state index is 0.821. The van der Waals surface area contributed by atoms with Crippen molar-refractivity contribution in [3.05, 3.63) is 35.9 Å². The smallest absolute Gasteiger partial charge is 0.0110 e. The average Bonchev–Trinajstić information content (AvgIpc) is 2.60. The van der Waals surface area contributed by atoms with E-state index in [0.29, 0.717) is 0 Å². The van der Waals surface area contributed by atoms with Crippen LogP contribution >= 0.6 is 0 Å². The second kappa shape index (κ2) is 3.82. The van der Waals surface area contributed by atoms with E-state index in [-0.39, 0.29) is 0 Å². The summed E-state index contributed by atoms with van der Waals surface area (Å²) in [7, 11) is 0. The van der Waals surface area contributed by atoms with Gasteiger partial charge in [-0.15, -0.1) is 0 Å². The largest absolute Gasteiger partial charge is 0.301 e. The molecule has 4 bridgehead atoms. The number of nitrogens with zero attached hydrogens (tertiary/aromatic N) is 2. The Balaban J connectivity index is 1.70. The van der Waals surface area contributed by atoms with E-state index in [4.69, 9.17) is 0 Å². The number of fused-ring (bicyclic) bond motifs is 1. The van der Waals surface area contributed by atoms with Crippen LogP contribution in [0.1, 0.15) is 11.5 Å². The van der Waals surface area contributed by atoms with Gasteiger partial charge in [-0.05, 0) is 23.3 Å². The van der Waals surface area contributed by atoms with Crippen LogP contribution in [-0.4, -0.2) is 49.1 Å². The maximum absolute atomic E-state index is 2.70. The van der Waals surface area contributed by atoms with Gasteiger partial charge in [0.1, 0.15) is 0 Å². The van der Waals surface area contributed by atoms with Crippen LogP contribution in [-0.2, 0) is 0 Å². The molecule has 0 amide bonds. The second-order valence-electron chi connectivity index (χ2n) is 5.98. The summed E-state index contributed by atoms with van der Waals surface area (Å²) >= 11 is 0. The Labute approximate surface area is 103 Å². The zero-order valence-corrected chi connectivity index (χ0v) is 10.3. The molecule has 0 radical (unpaired) electrons. The molecule has 0 saturated carbocycles. The van der Waals surface area contributed by atoms with E-state index in [0.717, 1.165) is 17.8 Å². The monoisotopic (exact) mass is 228 g/mol. The second-order valence-corrected chi connectivity index (χ2v) is 5.98. The molecule has 0 aliphatic carbocycles. The highest BCUT2D eigenvalue weighted by molar-refractivity contribution is 5.24. The molecular formula is C15H20N2. The van der Waals surface area contributed by atoms with Crippen LogP contribution in [0.15, 0.2) is 30.3 Å². The maximum atomic E-state index is 2.70. The molecule has 4 saturated heterocycles. The third kappa shape index (κ3) is 1.62. The number of hydrogen-bond donors (Lipinski definition) is 0. The molecule has 2 nitrogen and oxygen atoms in total. The number of hydrogen-bond acceptors (Lipinski definition) is 2. The highest BCUT2D eigenvalue weighted by Gasteiger charge is 2.44. The lowest BCUT2D eigenvalue weighted by atomic mass is 9.71. The first-order valence-corrected chi connectivity index (χ1v) is 6.90. The van der Waals surface area contributed by atoms with Gasteiger partial charge in [0, 0.05) is 39.3 Å². The minimum Gasteiger partial charge on any atom is -0.301 e. The van der Waals surface area contributed by atoms with Crippen molar-refractivity contribution in [3.8, 4) is 0 Å². The van der Waals surface area contributed by atoms with Crippen molar-refractivity contribution < 1.29 is 0 Å². The van der Waals surface area contributed by atoms with Gasteiger partial charge in [-0.3, -0.25) is 0 Å². The van der Waals surface area contributed by atoms with Gasteiger partial charge < -0.3 is 9.80 Å². The van der Waals surface area contributed by atoms with Crippen LogP contribution in [0.4, 0.5) is 0 Å². The zero-order valence-electron chi connectivity index (χ0n) is 10.3. The summed E-state index contributed by atoms with van der Waals surface area (Å²) in [5.41, 5.74) is 1.59. The number of piperidine rings is 2. The Bertz CT molecular complexity index is 371. The SMILES string of the molecule is c1ccc(C2C3CN4CCN(C3)CC2C4)cc1. The first-order chi connectivity index (χ1) is 8.40. The first kappa shape index (κ1) is 10.1. The normalized spacial score (nSPS) is 43.6. The Morgan fingerprint density at radius 2 is 1.29 bits per heavy atom. The standard InChI is InChI=1S/C15H20N2/c1-2-4-12(5-3-1)15-13-8-16-6-7-17(10-13)11-14(15)9-16/h1-5,13-15H,6-11H2. The van der Waals surface area contributed by atoms with Crippen molar-refractivity contribution in [1.29, 1.82) is 0 Å². The molecule has 0 atom stereocenters. The molecule has 0 aromatic heterocycles. The quantitative estimate of drug-likeness (QED) is 0.721. The molecule has 0 N–H and O–H groups in total. The molecule has 5 rings (SSSR count). The first-order valence-electron chi connectivity index (χ1n) is 6.90. The van der Waals surface area contributed by atoms with Crippen LogP contribution in [0, 0.1) is 11.8 Å². The van der Waals surface area contributed by atoms with E-state index >= 15 is 0 Å². The Morgan fingerprint density at radius 3 is 1.82 bits per heavy atom. The van der Waals surface area contributed by atoms with Crippen LogP contribution in [0.3, 0.4) is 0 Å². The predicted molar refractivity (Wildman–Crippen MR) is 69.0 cm³/mol. The van der Waals surface area contributed by atoms with Crippen molar-refractivity contribution >= 4 is 0 Å². The number of rotatable bonds is 1. The molecule has 4 aliphatic heterocycles. The van der Waals surface area contributed by atoms with Crippen LogP contribution in [0.5, 0.6) is 0 Å². The molecule has 4 heterocycles. The van der Waals surface area contributed by atoms with Gasteiger partial charge in [0.25, 0.3) is 0 Å². The van der Waals surface area contributed by atoms with E-state index in [2.05, 4.69) is 40.1 Å². The molecule has 0 unspecified atom stereocenters. The summed E-state index contributed by atoms with van der Waals surface area (Å²) in [5.74, 6) is 2.56. The Hall–Kier alpha value is -0.860. The van der Waals surface area contributed by atoms with Crippen molar-refractivity contribution in [1.82, 2.24) is 9.80 Å². The maximum Gasteiger partial charge on any atom is 0.0110 e. The summed E-state index contributed by atoms with van der Waals surface area (Å²) in [4.78, 5) is 5.39. The molecule has 0 spiro atoms. The van der Waals surface area contributed by atoms with Crippen molar-refractivity contribution in [2.45, 2.75) is 5.92 Å². The average molecular weight is 228 g/mol. The van der Waals surface area contributed by atoms with Gasteiger partial charge in [0.05, 0.1) is 0 Å². The van der Waals surface area contributed by atoms with Gasteiger partial charge in [-0.2, -0.15) is 0 Å². The lowest BCUT2D eigenvalue weighted by molar-refractivity contribution is 0.0604. The molecule has 90 valence electrons. The molecule has 1 aromatic rings. The van der Waals surface area contributed by atoms with Crippen LogP contribution in [0.25, 0.3) is 0 Å². The lowest BCUT2D eigenvalue weighted by Crippen LogP contribution is -2.52. The highest BCUT2D eigenvalue weighted by Crippen LogP contribution is 2.42. The third-order valence-corrected chi connectivity index (χ3v) is 4.90. The van der Waals surface area contributed by atoms with Crippen LogP contribution < -0.4 is 0 Å². The van der Waals surface area contributed by atoms with E-state index in [1.807, 2.05) is 0 Å². The van der Waals surface area contributed by atoms with Crippen molar-refractivity contribution in [3.63, 3.8) is 0 Å². The molecule has 17 heavy (non-hydrogen) atoms. The van der Waals surface area contributed by atoms with Gasteiger partial charge in [-0.1, -0.05) is 30.3 Å². The summed E-state index contributed by atoms with van der Waals surface area (Å²) in [6.45, 7) is 7.90. The Kier molecular flexibility index (Phi) is 2.27. The van der Waals surface area contributed by atoms with E-state index in [1.54, 1.807) is 5.56 Å². The predicted octanol–water partition coefficient (Wildman–Crippen LogP) is 1.65. The zero-order chi connectivity index (χ0) is 11.2. The fraction of sp³-hybridized carbons (Fsp3) is 0.600. The highest BCUT2D eigenvalue weighted by atomic mass is 15.3. The molecular weight excluding hydrogens is 208 g/mol.